The zero-order valence-electron chi connectivity index (χ0n) is 11.2. The molecular weight excluding hydrogens is 254 g/mol. The van der Waals surface area contributed by atoms with Crippen LogP contribution < -0.4 is 5.32 Å². The Bertz CT molecular complexity index is 713. The van der Waals surface area contributed by atoms with Gasteiger partial charge < -0.3 is 14.3 Å². The molecule has 3 heterocycles. The third-order valence-electron chi connectivity index (χ3n) is 3.89. The van der Waals surface area contributed by atoms with Crippen molar-refractivity contribution in [3.63, 3.8) is 0 Å². The number of hydrogen-bond acceptors (Lipinski definition) is 5. The summed E-state index contributed by atoms with van der Waals surface area (Å²) in [7, 11) is 0. The van der Waals surface area contributed by atoms with Gasteiger partial charge in [-0.3, -0.25) is 0 Å². The molecule has 0 aliphatic carbocycles. The molecular formula is C15H15N3O2. The first kappa shape index (κ1) is 11.7. The zero-order valence-corrected chi connectivity index (χ0v) is 11.2. The van der Waals surface area contributed by atoms with Crippen molar-refractivity contribution in [2.75, 3.05) is 6.54 Å². The van der Waals surface area contributed by atoms with Crippen molar-refractivity contribution in [2.45, 2.75) is 19.4 Å². The lowest BCUT2D eigenvalue weighted by molar-refractivity contribution is 0.319. The Labute approximate surface area is 116 Å². The third-order valence-corrected chi connectivity index (χ3v) is 3.89. The largest absolute Gasteiger partial charge is 0.453 e. The van der Waals surface area contributed by atoms with Gasteiger partial charge in [0.2, 0.25) is 11.7 Å². The molecule has 1 fully saturated rings. The smallest absolute Gasteiger partial charge is 0.244 e. The van der Waals surface area contributed by atoms with Crippen LogP contribution in [0.1, 0.15) is 25.3 Å². The highest BCUT2D eigenvalue weighted by Gasteiger charge is 2.29. The number of fused-ring (bicyclic) bond motifs is 1. The van der Waals surface area contributed by atoms with Gasteiger partial charge in [0.25, 0.3) is 0 Å². The lowest BCUT2D eigenvalue weighted by atomic mass is 10.0. The van der Waals surface area contributed by atoms with Crippen LogP contribution in [0.25, 0.3) is 22.6 Å². The molecule has 2 unspecified atom stereocenters. The maximum Gasteiger partial charge on any atom is 0.244 e. The van der Waals surface area contributed by atoms with E-state index in [9.17, 15) is 0 Å². The normalized spacial score (nSPS) is 22.6. The molecule has 5 heteroatoms. The van der Waals surface area contributed by atoms with Crippen LogP contribution in [0.15, 0.2) is 39.3 Å². The lowest BCUT2D eigenvalue weighted by Gasteiger charge is -2.08. The van der Waals surface area contributed by atoms with Crippen molar-refractivity contribution in [3.05, 3.63) is 36.2 Å². The Balaban J connectivity index is 1.70. The number of furan rings is 1. The third kappa shape index (κ3) is 1.82. The monoisotopic (exact) mass is 269 g/mol. The minimum atomic E-state index is 0.153. The summed E-state index contributed by atoms with van der Waals surface area (Å²) in [6.07, 6.45) is 1.13. The summed E-state index contributed by atoms with van der Waals surface area (Å²) >= 11 is 0. The average Bonchev–Trinajstić information content (AvgIpc) is 3.15. The number of benzene rings is 1. The molecule has 0 saturated carbocycles. The molecule has 1 aliphatic heterocycles. The summed E-state index contributed by atoms with van der Waals surface area (Å²) in [5, 5.41) is 8.47. The summed E-state index contributed by atoms with van der Waals surface area (Å²) in [6, 6.07) is 9.95. The predicted octanol–water partition coefficient (Wildman–Crippen LogP) is 3.15. The Hall–Kier alpha value is -2.14. The molecule has 0 spiro atoms. The van der Waals surface area contributed by atoms with Gasteiger partial charge in [-0.2, -0.15) is 4.98 Å². The van der Waals surface area contributed by atoms with Gasteiger partial charge in [-0.05, 0) is 31.0 Å². The maximum atomic E-state index is 5.75. The fourth-order valence-electron chi connectivity index (χ4n) is 2.72. The van der Waals surface area contributed by atoms with Crippen molar-refractivity contribution in [2.24, 2.45) is 5.92 Å². The first-order valence-corrected chi connectivity index (χ1v) is 6.87. The zero-order chi connectivity index (χ0) is 13.5. The number of hydrogen-bond donors (Lipinski definition) is 1. The number of nitrogens with one attached hydrogen (secondary N) is 1. The molecule has 2 atom stereocenters. The predicted molar refractivity (Wildman–Crippen MR) is 74.0 cm³/mol. The van der Waals surface area contributed by atoms with Crippen molar-refractivity contribution >= 4 is 11.0 Å². The molecule has 2 aromatic heterocycles. The molecule has 1 saturated heterocycles. The van der Waals surface area contributed by atoms with Gasteiger partial charge in [-0.25, -0.2) is 0 Å². The molecule has 1 N–H and O–H groups in total. The van der Waals surface area contributed by atoms with Gasteiger partial charge in [-0.1, -0.05) is 30.3 Å². The summed E-state index contributed by atoms with van der Waals surface area (Å²) in [5.41, 5.74) is 0.834. The lowest BCUT2D eigenvalue weighted by Crippen LogP contribution is -2.16. The van der Waals surface area contributed by atoms with E-state index in [1.807, 2.05) is 30.3 Å². The molecule has 1 aliphatic rings. The number of nitrogens with zero attached hydrogens (tertiary/aromatic N) is 2. The van der Waals surface area contributed by atoms with E-state index in [0.717, 1.165) is 23.9 Å². The first-order chi connectivity index (χ1) is 9.81. The van der Waals surface area contributed by atoms with Crippen LogP contribution in [0.4, 0.5) is 0 Å². The van der Waals surface area contributed by atoms with E-state index >= 15 is 0 Å². The maximum absolute atomic E-state index is 5.75. The van der Waals surface area contributed by atoms with Crippen LogP contribution in [0.3, 0.4) is 0 Å². The highest BCUT2D eigenvalue weighted by atomic mass is 16.5. The fourth-order valence-corrected chi connectivity index (χ4v) is 2.72. The SMILES string of the molecule is CC1CCNC1c1nc(-c2cc3ccccc3o2)no1. The summed E-state index contributed by atoms with van der Waals surface area (Å²) in [5.74, 6) is 2.31. The van der Waals surface area contributed by atoms with Crippen LogP contribution in [-0.4, -0.2) is 16.7 Å². The molecule has 0 radical (unpaired) electrons. The average molecular weight is 269 g/mol. The molecule has 5 nitrogen and oxygen atoms in total. The van der Waals surface area contributed by atoms with E-state index in [4.69, 9.17) is 8.94 Å². The molecule has 1 aromatic carbocycles. The summed E-state index contributed by atoms with van der Waals surface area (Å²) in [4.78, 5) is 4.47. The summed E-state index contributed by atoms with van der Waals surface area (Å²) < 4.78 is 11.1. The first-order valence-electron chi connectivity index (χ1n) is 6.87. The van der Waals surface area contributed by atoms with E-state index in [1.54, 1.807) is 0 Å². The standard InChI is InChI=1S/C15H15N3O2/c1-9-6-7-16-13(9)15-17-14(18-20-15)12-8-10-4-2-3-5-11(10)19-12/h2-5,8-9,13,16H,6-7H2,1H3. The van der Waals surface area contributed by atoms with Crippen molar-refractivity contribution in [1.82, 2.24) is 15.5 Å². The number of aromatic nitrogens is 2. The Morgan fingerprint density at radius 3 is 3.00 bits per heavy atom. The second kappa shape index (κ2) is 4.45. The highest BCUT2D eigenvalue weighted by molar-refractivity contribution is 5.81. The van der Waals surface area contributed by atoms with E-state index in [0.29, 0.717) is 23.4 Å². The van der Waals surface area contributed by atoms with E-state index in [2.05, 4.69) is 22.4 Å². The minimum Gasteiger partial charge on any atom is -0.453 e. The molecule has 3 aromatic rings. The van der Waals surface area contributed by atoms with Crippen molar-refractivity contribution in [3.8, 4) is 11.6 Å². The Morgan fingerprint density at radius 2 is 2.20 bits per heavy atom. The Kier molecular flexibility index (Phi) is 2.60. The van der Waals surface area contributed by atoms with Gasteiger partial charge in [-0.15, -0.1) is 0 Å². The van der Waals surface area contributed by atoms with Crippen LogP contribution >= 0.6 is 0 Å². The topological polar surface area (TPSA) is 64.1 Å². The van der Waals surface area contributed by atoms with Crippen LogP contribution in [-0.2, 0) is 0 Å². The van der Waals surface area contributed by atoms with Gasteiger partial charge in [0, 0.05) is 5.39 Å². The van der Waals surface area contributed by atoms with Gasteiger partial charge >= 0.3 is 0 Å². The minimum absolute atomic E-state index is 0.153. The van der Waals surface area contributed by atoms with E-state index in [-0.39, 0.29) is 6.04 Å². The highest BCUT2D eigenvalue weighted by Crippen LogP contribution is 2.30. The fraction of sp³-hybridized carbons (Fsp3) is 0.333. The van der Waals surface area contributed by atoms with Gasteiger partial charge in [0.1, 0.15) is 5.58 Å². The molecule has 4 rings (SSSR count). The van der Waals surface area contributed by atoms with Crippen molar-refractivity contribution < 1.29 is 8.94 Å². The van der Waals surface area contributed by atoms with Crippen LogP contribution in [0.5, 0.6) is 0 Å². The van der Waals surface area contributed by atoms with Gasteiger partial charge in [0.15, 0.2) is 5.76 Å². The molecule has 0 amide bonds. The van der Waals surface area contributed by atoms with Crippen LogP contribution in [0, 0.1) is 5.92 Å². The van der Waals surface area contributed by atoms with Crippen LogP contribution in [0.2, 0.25) is 0 Å². The number of rotatable bonds is 2. The summed E-state index contributed by atoms with van der Waals surface area (Å²) in [6.45, 7) is 3.18. The number of para-hydroxylation sites is 1. The second-order valence-electron chi connectivity index (χ2n) is 5.30. The quantitative estimate of drug-likeness (QED) is 0.774. The van der Waals surface area contributed by atoms with E-state index < -0.39 is 0 Å². The Morgan fingerprint density at radius 1 is 1.30 bits per heavy atom. The van der Waals surface area contributed by atoms with Crippen molar-refractivity contribution in [1.29, 1.82) is 0 Å². The molecule has 0 bridgehead atoms. The van der Waals surface area contributed by atoms with Gasteiger partial charge in [0.05, 0.1) is 6.04 Å². The van der Waals surface area contributed by atoms with E-state index in [1.165, 1.54) is 0 Å². The molecule has 102 valence electrons. The molecule has 20 heavy (non-hydrogen) atoms. The second-order valence-corrected chi connectivity index (χ2v) is 5.30.